The Balaban J connectivity index is 2.94. The van der Waals surface area contributed by atoms with E-state index in [1.54, 1.807) is 0 Å². The molecule has 1 atom stereocenters. The molecule has 0 saturated heterocycles. The first kappa shape index (κ1) is 13.6. The Morgan fingerprint density at radius 2 is 1.82 bits per heavy atom. The maximum Gasteiger partial charge on any atom is 0.323 e. The van der Waals surface area contributed by atoms with E-state index in [0.29, 0.717) is 5.56 Å². The molecule has 1 aromatic rings. The molecule has 0 bridgehead atoms. The Morgan fingerprint density at radius 1 is 1.35 bits per heavy atom. The molecule has 1 aromatic carbocycles. The number of sulfonamides is 1. The van der Waals surface area contributed by atoms with Gasteiger partial charge < -0.3 is 10.8 Å². The summed E-state index contributed by atoms with van der Waals surface area (Å²) < 4.78 is 22.0. The summed E-state index contributed by atoms with van der Waals surface area (Å²) in [6.07, 6.45) is 0.104. The van der Waals surface area contributed by atoms with Crippen LogP contribution in [0.25, 0.3) is 0 Å². The molecule has 0 aliphatic carbocycles. The summed E-state index contributed by atoms with van der Waals surface area (Å²) in [7, 11) is -3.73. The van der Waals surface area contributed by atoms with Crippen LogP contribution in [0.3, 0.4) is 0 Å². The van der Waals surface area contributed by atoms with Crippen LogP contribution in [-0.4, -0.2) is 25.0 Å². The standard InChI is InChI=1S/C10H14N2O4S/c1-10(11,9(13)14)6-7-2-4-8(5-3-7)17(12,15)16/h2-5H,6,11H2,1H3,(H,13,14)(H2,12,15,16). The lowest BCUT2D eigenvalue weighted by atomic mass is 9.94. The van der Waals surface area contributed by atoms with Gasteiger partial charge in [0.25, 0.3) is 0 Å². The highest BCUT2D eigenvalue weighted by Crippen LogP contribution is 2.14. The van der Waals surface area contributed by atoms with Gasteiger partial charge >= 0.3 is 5.97 Å². The van der Waals surface area contributed by atoms with Crippen molar-refractivity contribution < 1.29 is 18.3 Å². The average molecular weight is 258 g/mol. The van der Waals surface area contributed by atoms with Crippen molar-refractivity contribution >= 4 is 16.0 Å². The molecule has 0 radical (unpaired) electrons. The van der Waals surface area contributed by atoms with E-state index in [1.165, 1.54) is 31.2 Å². The highest BCUT2D eigenvalue weighted by atomic mass is 32.2. The van der Waals surface area contributed by atoms with E-state index in [9.17, 15) is 13.2 Å². The molecule has 0 fully saturated rings. The van der Waals surface area contributed by atoms with Crippen LogP contribution in [0.4, 0.5) is 0 Å². The molecule has 7 heteroatoms. The number of benzene rings is 1. The third kappa shape index (κ3) is 3.52. The maximum absolute atomic E-state index is 11.0. The number of carboxylic acids is 1. The first-order chi connectivity index (χ1) is 7.63. The fourth-order valence-electron chi connectivity index (χ4n) is 1.30. The minimum absolute atomic E-state index is 0.0182. The predicted molar refractivity (Wildman–Crippen MR) is 61.7 cm³/mol. The number of rotatable bonds is 4. The highest BCUT2D eigenvalue weighted by Gasteiger charge is 2.28. The van der Waals surface area contributed by atoms with Crippen LogP contribution in [0.5, 0.6) is 0 Å². The second kappa shape index (κ2) is 4.44. The molecule has 0 aliphatic rings. The Bertz CT molecular complexity index is 520. The Kier molecular flexibility index (Phi) is 3.56. The Morgan fingerprint density at radius 3 is 2.18 bits per heavy atom. The first-order valence-corrected chi connectivity index (χ1v) is 6.31. The fraction of sp³-hybridized carbons (Fsp3) is 0.300. The largest absolute Gasteiger partial charge is 0.480 e. The number of carbonyl (C=O) groups is 1. The van der Waals surface area contributed by atoms with Crippen molar-refractivity contribution in [2.45, 2.75) is 23.8 Å². The molecule has 0 spiro atoms. The van der Waals surface area contributed by atoms with Crippen molar-refractivity contribution in [2.24, 2.45) is 10.9 Å². The van der Waals surface area contributed by atoms with Crippen LogP contribution in [0.2, 0.25) is 0 Å². The number of hydrogen-bond acceptors (Lipinski definition) is 4. The molecule has 0 amide bonds. The number of primary sulfonamides is 1. The van der Waals surface area contributed by atoms with Crippen LogP contribution in [-0.2, 0) is 21.2 Å². The van der Waals surface area contributed by atoms with Gasteiger partial charge in [0, 0.05) is 6.42 Å². The molecule has 0 saturated carbocycles. The van der Waals surface area contributed by atoms with Crippen molar-refractivity contribution in [3.8, 4) is 0 Å². The van der Waals surface area contributed by atoms with Gasteiger partial charge in [0.15, 0.2) is 0 Å². The smallest absolute Gasteiger partial charge is 0.323 e. The van der Waals surface area contributed by atoms with E-state index in [0.717, 1.165) is 0 Å². The second-order valence-electron chi connectivity index (χ2n) is 4.09. The van der Waals surface area contributed by atoms with Gasteiger partial charge in [-0.3, -0.25) is 4.79 Å². The normalized spacial score (nSPS) is 15.2. The molecule has 5 N–H and O–H groups in total. The van der Waals surface area contributed by atoms with Crippen molar-refractivity contribution in [2.75, 3.05) is 0 Å². The van der Waals surface area contributed by atoms with E-state index in [4.69, 9.17) is 16.0 Å². The van der Waals surface area contributed by atoms with Gasteiger partial charge in [0.1, 0.15) is 5.54 Å². The van der Waals surface area contributed by atoms with Crippen LogP contribution in [0.15, 0.2) is 29.2 Å². The summed E-state index contributed by atoms with van der Waals surface area (Å²) in [4.78, 5) is 10.8. The quantitative estimate of drug-likeness (QED) is 0.682. The second-order valence-corrected chi connectivity index (χ2v) is 5.65. The number of carboxylic acid groups (broad SMARTS) is 1. The van der Waals surface area contributed by atoms with Gasteiger partial charge in [-0.05, 0) is 24.6 Å². The number of aliphatic carboxylic acids is 1. The third-order valence-corrected chi connectivity index (χ3v) is 3.24. The van der Waals surface area contributed by atoms with Crippen LogP contribution >= 0.6 is 0 Å². The lowest BCUT2D eigenvalue weighted by Gasteiger charge is -2.18. The van der Waals surface area contributed by atoms with E-state index >= 15 is 0 Å². The minimum atomic E-state index is -3.73. The molecule has 0 aromatic heterocycles. The molecular weight excluding hydrogens is 244 g/mol. The lowest BCUT2D eigenvalue weighted by molar-refractivity contribution is -0.142. The first-order valence-electron chi connectivity index (χ1n) is 4.77. The third-order valence-electron chi connectivity index (χ3n) is 2.31. The van der Waals surface area contributed by atoms with Crippen molar-refractivity contribution in [3.05, 3.63) is 29.8 Å². The monoisotopic (exact) mass is 258 g/mol. The molecule has 17 heavy (non-hydrogen) atoms. The van der Waals surface area contributed by atoms with Crippen molar-refractivity contribution in [1.82, 2.24) is 0 Å². The molecule has 0 aliphatic heterocycles. The summed E-state index contributed by atoms with van der Waals surface area (Å²) in [6, 6.07) is 5.63. The minimum Gasteiger partial charge on any atom is -0.480 e. The fourth-order valence-corrected chi connectivity index (χ4v) is 1.81. The molecule has 94 valence electrons. The van der Waals surface area contributed by atoms with E-state index in [-0.39, 0.29) is 11.3 Å². The molecule has 0 heterocycles. The Hall–Kier alpha value is -1.44. The predicted octanol–water partition coefficient (Wildman–Crippen LogP) is -0.321. The zero-order valence-corrected chi connectivity index (χ0v) is 10.1. The van der Waals surface area contributed by atoms with Gasteiger partial charge in [0.05, 0.1) is 4.90 Å². The summed E-state index contributed by atoms with van der Waals surface area (Å²) in [5.74, 6) is -1.12. The van der Waals surface area contributed by atoms with Gasteiger partial charge in [-0.25, -0.2) is 13.6 Å². The number of hydrogen-bond donors (Lipinski definition) is 3. The van der Waals surface area contributed by atoms with Crippen molar-refractivity contribution in [3.63, 3.8) is 0 Å². The topological polar surface area (TPSA) is 123 Å². The number of nitrogens with two attached hydrogens (primary N) is 2. The average Bonchev–Trinajstić information content (AvgIpc) is 2.16. The van der Waals surface area contributed by atoms with E-state index < -0.39 is 21.5 Å². The SMILES string of the molecule is CC(N)(Cc1ccc(S(N)(=O)=O)cc1)C(=O)O. The molecule has 1 rings (SSSR count). The van der Waals surface area contributed by atoms with Crippen LogP contribution in [0.1, 0.15) is 12.5 Å². The summed E-state index contributed by atoms with van der Waals surface area (Å²) in [6.45, 7) is 1.39. The zero-order chi connectivity index (χ0) is 13.3. The van der Waals surface area contributed by atoms with Gasteiger partial charge in [-0.1, -0.05) is 12.1 Å². The van der Waals surface area contributed by atoms with Crippen LogP contribution in [0, 0.1) is 0 Å². The van der Waals surface area contributed by atoms with E-state index in [2.05, 4.69) is 0 Å². The summed E-state index contributed by atoms with van der Waals surface area (Å²) in [5.41, 5.74) is 4.82. The summed E-state index contributed by atoms with van der Waals surface area (Å²) in [5, 5.41) is 13.8. The Labute approximate surface area is 99.3 Å². The highest BCUT2D eigenvalue weighted by molar-refractivity contribution is 7.89. The molecule has 6 nitrogen and oxygen atoms in total. The zero-order valence-electron chi connectivity index (χ0n) is 9.25. The van der Waals surface area contributed by atoms with Crippen molar-refractivity contribution in [1.29, 1.82) is 0 Å². The molecular formula is C10H14N2O4S. The van der Waals surface area contributed by atoms with Gasteiger partial charge in [-0.2, -0.15) is 0 Å². The summed E-state index contributed by atoms with van der Waals surface area (Å²) >= 11 is 0. The van der Waals surface area contributed by atoms with E-state index in [1.807, 2.05) is 0 Å². The lowest BCUT2D eigenvalue weighted by Crippen LogP contribution is -2.46. The molecule has 1 unspecified atom stereocenters. The van der Waals surface area contributed by atoms with Gasteiger partial charge in [0.2, 0.25) is 10.0 Å². The van der Waals surface area contributed by atoms with Crippen LogP contribution < -0.4 is 10.9 Å². The maximum atomic E-state index is 11.0. The van der Waals surface area contributed by atoms with Gasteiger partial charge in [-0.15, -0.1) is 0 Å².